The maximum absolute atomic E-state index is 14.4. The predicted molar refractivity (Wildman–Crippen MR) is 123 cm³/mol. The van der Waals surface area contributed by atoms with E-state index in [0.717, 1.165) is 40.7 Å². The Morgan fingerprint density at radius 2 is 1.84 bits per heavy atom. The molecule has 0 saturated heterocycles. The summed E-state index contributed by atoms with van der Waals surface area (Å²) in [5.74, 6) is -1.49. The number of hydrogen-bond donors (Lipinski definition) is 2. The minimum Gasteiger partial charge on any atom is -0.486 e. The molecule has 0 bridgehead atoms. The number of alkyl halides is 3. The molecule has 3 aromatic carbocycles. The maximum atomic E-state index is 14.4. The normalized spacial score (nSPS) is 15.6. The van der Waals surface area contributed by atoms with Crippen LogP contribution in [0.4, 0.5) is 32.4 Å². The molecule has 0 aliphatic carbocycles. The number of rotatable bonds is 6. The molecule has 37 heavy (non-hydrogen) atoms. The van der Waals surface area contributed by atoms with Gasteiger partial charge in [0, 0.05) is 18.5 Å². The smallest absolute Gasteiger partial charge is 0.416 e. The van der Waals surface area contributed by atoms with E-state index in [1.165, 1.54) is 18.2 Å². The van der Waals surface area contributed by atoms with Gasteiger partial charge >= 0.3 is 12.3 Å². The van der Waals surface area contributed by atoms with Crippen LogP contribution in [-0.4, -0.2) is 38.8 Å². The van der Waals surface area contributed by atoms with E-state index in [1.54, 1.807) is 0 Å². The molecule has 7 nitrogen and oxygen atoms in total. The Hall–Kier alpha value is -3.87. The molecular formula is C24H19F5N2O5S. The van der Waals surface area contributed by atoms with E-state index in [1.807, 2.05) is 0 Å². The first-order valence-corrected chi connectivity index (χ1v) is 12.2. The second-order valence-corrected chi connectivity index (χ2v) is 9.99. The van der Waals surface area contributed by atoms with Crippen LogP contribution in [0.3, 0.4) is 0 Å². The average molecular weight is 542 g/mol. The van der Waals surface area contributed by atoms with Gasteiger partial charge in [-0.25, -0.2) is 22.0 Å². The van der Waals surface area contributed by atoms with Gasteiger partial charge in [-0.3, -0.25) is 4.31 Å². The van der Waals surface area contributed by atoms with Gasteiger partial charge in [0.05, 0.1) is 22.7 Å². The fourth-order valence-electron chi connectivity index (χ4n) is 3.88. The fraction of sp³-hybridized carbons (Fsp3) is 0.208. The molecule has 1 aliphatic rings. The van der Waals surface area contributed by atoms with E-state index in [-0.39, 0.29) is 42.1 Å². The van der Waals surface area contributed by atoms with Crippen molar-refractivity contribution in [1.82, 2.24) is 5.32 Å². The number of hydrogen-bond acceptors (Lipinski definition) is 4. The molecule has 1 amide bonds. The van der Waals surface area contributed by atoms with Crippen molar-refractivity contribution in [3.05, 3.63) is 77.9 Å². The SMILES string of the molecule is O=C(O)NCC[C@@H]1CN(S(=O)(=O)c2cccc(C(F)(F)F)c2)c2cc(-c3cc(F)ccc3F)ccc2O1. The van der Waals surface area contributed by atoms with Crippen LogP contribution in [0.15, 0.2) is 65.6 Å². The van der Waals surface area contributed by atoms with Gasteiger partial charge in [0.2, 0.25) is 0 Å². The lowest BCUT2D eigenvalue weighted by atomic mass is 10.0. The highest BCUT2D eigenvalue weighted by Crippen LogP contribution is 2.41. The molecule has 0 unspecified atom stereocenters. The third kappa shape index (κ3) is 5.61. The second-order valence-electron chi connectivity index (χ2n) is 8.13. The van der Waals surface area contributed by atoms with Crippen molar-refractivity contribution >= 4 is 21.8 Å². The first kappa shape index (κ1) is 26.2. The zero-order valence-corrected chi connectivity index (χ0v) is 19.6. The molecule has 0 aromatic heterocycles. The van der Waals surface area contributed by atoms with E-state index < -0.39 is 50.5 Å². The Morgan fingerprint density at radius 1 is 1.08 bits per heavy atom. The van der Waals surface area contributed by atoms with Crippen LogP contribution in [0.2, 0.25) is 0 Å². The van der Waals surface area contributed by atoms with E-state index in [2.05, 4.69) is 5.32 Å². The van der Waals surface area contributed by atoms with Crippen LogP contribution in [0, 0.1) is 11.6 Å². The Bertz CT molecular complexity index is 1450. The lowest BCUT2D eigenvalue weighted by molar-refractivity contribution is -0.137. The van der Waals surface area contributed by atoms with Crippen molar-refractivity contribution in [2.45, 2.75) is 23.6 Å². The van der Waals surface area contributed by atoms with Crippen LogP contribution in [0.5, 0.6) is 5.75 Å². The summed E-state index contributed by atoms with van der Waals surface area (Å²) >= 11 is 0. The molecular weight excluding hydrogens is 523 g/mol. The maximum Gasteiger partial charge on any atom is 0.416 e. The minimum absolute atomic E-state index is 0.0164. The van der Waals surface area contributed by atoms with E-state index in [9.17, 15) is 35.2 Å². The van der Waals surface area contributed by atoms with Crippen molar-refractivity contribution in [2.24, 2.45) is 0 Å². The van der Waals surface area contributed by atoms with E-state index >= 15 is 0 Å². The van der Waals surface area contributed by atoms with Crippen molar-refractivity contribution < 1.29 is 45.0 Å². The van der Waals surface area contributed by atoms with Crippen LogP contribution in [-0.2, 0) is 16.2 Å². The monoisotopic (exact) mass is 542 g/mol. The first-order chi connectivity index (χ1) is 17.4. The minimum atomic E-state index is -4.79. The number of sulfonamides is 1. The molecule has 1 atom stereocenters. The number of ether oxygens (including phenoxy) is 1. The van der Waals surface area contributed by atoms with Gasteiger partial charge in [0.15, 0.2) is 0 Å². The number of anilines is 1. The van der Waals surface area contributed by atoms with Crippen molar-refractivity contribution in [1.29, 1.82) is 0 Å². The standard InChI is InChI=1S/C24H19F5N2O5S/c25-16-5-6-20(26)19(12-16)14-4-7-22-21(10-14)31(13-17(36-22)8-9-30-23(32)33)37(34,35)18-3-1-2-15(11-18)24(27,28)29/h1-7,10-12,17,30H,8-9,13H2,(H,32,33)/t17-/m1/s1. The Labute approximate surface area is 208 Å². The van der Waals surface area contributed by atoms with Crippen LogP contribution < -0.4 is 14.4 Å². The van der Waals surface area contributed by atoms with Crippen molar-refractivity contribution in [3.8, 4) is 16.9 Å². The molecule has 0 radical (unpaired) electrons. The zero-order chi connectivity index (χ0) is 27.0. The highest BCUT2D eigenvalue weighted by molar-refractivity contribution is 7.92. The Morgan fingerprint density at radius 3 is 2.54 bits per heavy atom. The average Bonchev–Trinajstić information content (AvgIpc) is 2.84. The Balaban J connectivity index is 1.80. The first-order valence-electron chi connectivity index (χ1n) is 10.8. The van der Waals surface area contributed by atoms with Gasteiger partial charge in [0.25, 0.3) is 10.0 Å². The van der Waals surface area contributed by atoms with Gasteiger partial charge in [-0.05, 0) is 54.1 Å². The summed E-state index contributed by atoms with van der Waals surface area (Å²) in [6, 6.07) is 9.91. The molecule has 0 saturated carbocycles. The largest absolute Gasteiger partial charge is 0.486 e. The molecule has 1 heterocycles. The predicted octanol–water partition coefficient (Wildman–Crippen LogP) is 5.26. The fourth-order valence-corrected chi connectivity index (χ4v) is 5.42. The molecule has 0 fully saturated rings. The quantitative estimate of drug-likeness (QED) is 0.414. The Kier molecular flexibility index (Phi) is 7.00. The lowest BCUT2D eigenvalue weighted by Gasteiger charge is -2.36. The number of amides is 1. The summed E-state index contributed by atoms with van der Waals surface area (Å²) in [7, 11) is -4.60. The molecule has 4 rings (SSSR count). The summed E-state index contributed by atoms with van der Waals surface area (Å²) in [4.78, 5) is 10.1. The number of halogens is 5. The number of nitrogens with zero attached hydrogens (tertiary/aromatic N) is 1. The number of carboxylic acid groups (broad SMARTS) is 1. The van der Waals surface area contributed by atoms with Crippen molar-refractivity contribution in [2.75, 3.05) is 17.4 Å². The van der Waals surface area contributed by atoms with E-state index in [4.69, 9.17) is 9.84 Å². The third-order valence-electron chi connectivity index (χ3n) is 5.62. The summed E-state index contributed by atoms with van der Waals surface area (Å²) < 4.78 is 102. The summed E-state index contributed by atoms with van der Waals surface area (Å²) in [6.07, 6.45) is -6.91. The van der Waals surface area contributed by atoms with Crippen LogP contribution in [0.1, 0.15) is 12.0 Å². The molecule has 3 aromatic rings. The highest BCUT2D eigenvalue weighted by atomic mass is 32.2. The van der Waals surface area contributed by atoms with Crippen LogP contribution in [0.25, 0.3) is 11.1 Å². The summed E-state index contributed by atoms with van der Waals surface area (Å²) in [5, 5.41) is 10.9. The number of fused-ring (bicyclic) bond motifs is 1. The topological polar surface area (TPSA) is 95.9 Å². The summed E-state index contributed by atoms with van der Waals surface area (Å²) in [6.45, 7) is -0.457. The lowest BCUT2D eigenvalue weighted by Crippen LogP contribution is -2.44. The van der Waals surface area contributed by atoms with Crippen molar-refractivity contribution in [3.63, 3.8) is 0 Å². The molecule has 2 N–H and O–H groups in total. The molecule has 196 valence electrons. The third-order valence-corrected chi connectivity index (χ3v) is 7.40. The number of nitrogens with one attached hydrogen (secondary N) is 1. The summed E-state index contributed by atoms with van der Waals surface area (Å²) in [5.41, 5.74) is -1.32. The highest BCUT2D eigenvalue weighted by Gasteiger charge is 2.37. The van der Waals surface area contributed by atoms with Gasteiger partial charge in [-0.1, -0.05) is 12.1 Å². The van der Waals surface area contributed by atoms with Gasteiger partial charge in [0.1, 0.15) is 23.5 Å². The molecule has 13 heteroatoms. The molecule has 1 aliphatic heterocycles. The van der Waals surface area contributed by atoms with Gasteiger partial charge in [-0.2, -0.15) is 13.2 Å². The van der Waals surface area contributed by atoms with Gasteiger partial charge in [-0.15, -0.1) is 0 Å². The van der Waals surface area contributed by atoms with Crippen LogP contribution >= 0.6 is 0 Å². The number of benzene rings is 3. The molecule has 0 spiro atoms. The zero-order valence-electron chi connectivity index (χ0n) is 18.8. The number of carbonyl (C=O) groups is 1. The van der Waals surface area contributed by atoms with E-state index in [0.29, 0.717) is 6.07 Å². The second kappa shape index (κ2) is 9.88. The van der Waals surface area contributed by atoms with Gasteiger partial charge < -0.3 is 15.2 Å².